The van der Waals surface area contributed by atoms with E-state index in [-0.39, 0.29) is 17.9 Å². The van der Waals surface area contributed by atoms with E-state index in [4.69, 9.17) is 5.11 Å². The van der Waals surface area contributed by atoms with Gasteiger partial charge in [-0.25, -0.2) is 0 Å². The van der Waals surface area contributed by atoms with Crippen LogP contribution in [-0.4, -0.2) is 21.1 Å². The van der Waals surface area contributed by atoms with E-state index in [1.165, 1.54) is 13.0 Å². The second kappa shape index (κ2) is 4.42. The van der Waals surface area contributed by atoms with Gasteiger partial charge >= 0.3 is 0 Å². The average Bonchev–Trinajstić information content (AvgIpc) is 2.20. The van der Waals surface area contributed by atoms with Crippen LogP contribution in [0.5, 0.6) is 5.75 Å². The minimum absolute atomic E-state index is 0.102. The van der Waals surface area contributed by atoms with Gasteiger partial charge in [0.1, 0.15) is 11.9 Å². The first kappa shape index (κ1) is 11.7. The molecule has 1 unspecified atom stereocenters. The van der Waals surface area contributed by atoms with Crippen LogP contribution in [-0.2, 0) is 11.4 Å². The lowest BCUT2D eigenvalue weighted by molar-refractivity contribution is -0.125. The number of rotatable bonds is 3. The van der Waals surface area contributed by atoms with Crippen LogP contribution in [0.25, 0.3) is 0 Å². The van der Waals surface area contributed by atoms with Crippen LogP contribution < -0.4 is 0 Å². The van der Waals surface area contributed by atoms with Gasteiger partial charge < -0.3 is 15.3 Å². The predicted octanol–water partition coefficient (Wildman–Crippen LogP) is 0.815. The molecule has 0 heterocycles. The number of hydrogen-bond donors (Lipinski definition) is 3. The number of aliphatic hydroxyl groups excluding tert-OH is 2. The normalized spacial score (nSPS) is 12.5. The Labute approximate surface area is 87.8 Å². The second-order valence-electron chi connectivity index (χ2n) is 3.52. The molecular formula is C11H14O4. The molecule has 0 aromatic heterocycles. The van der Waals surface area contributed by atoms with Crippen molar-refractivity contribution < 1.29 is 20.1 Å². The highest BCUT2D eigenvalue weighted by molar-refractivity contribution is 5.82. The van der Waals surface area contributed by atoms with Crippen molar-refractivity contribution in [3.05, 3.63) is 28.8 Å². The largest absolute Gasteiger partial charge is 0.507 e. The van der Waals surface area contributed by atoms with Crippen LogP contribution in [0.15, 0.2) is 12.1 Å². The maximum Gasteiger partial charge on any atom is 0.162 e. The highest BCUT2D eigenvalue weighted by Crippen LogP contribution is 2.29. The van der Waals surface area contributed by atoms with Crippen LogP contribution >= 0.6 is 0 Å². The quantitative estimate of drug-likeness (QED) is 0.690. The van der Waals surface area contributed by atoms with E-state index in [0.29, 0.717) is 11.1 Å². The van der Waals surface area contributed by atoms with Gasteiger partial charge in [-0.3, -0.25) is 4.79 Å². The molecule has 4 nitrogen and oxygen atoms in total. The monoisotopic (exact) mass is 210 g/mol. The van der Waals surface area contributed by atoms with Gasteiger partial charge in [0.25, 0.3) is 0 Å². The van der Waals surface area contributed by atoms with Gasteiger partial charge in [-0.05, 0) is 31.0 Å². The molecule has 1 atom stereocenters. The van der Waals surface area contributed by atoms with Gasteiger partial charge in [-0.15, -0.1) is 0 Å². The fourth-order valence-electron chi connectivity index (χ4n) is 1.40. The Morgan fingerprint density at radius 3 is 2.53 bits per heavy atom. The van der Waals surface area contributed by atoms with Gasteiger partial charge in [0.05, 0.1) is 6.61 Å². The maximum absolute atomic E-state index is 11.0. The zero-order valence-corrected chi connectivity index (χ0v) is 8.69. The van der Waals surface area contributed by atoms with E-state index >= 15 is 0 Å². The van der Waals surface area contributed by atoms with Crippen molar-refractivity contribution in [2.24, 2.45) is 0 Å². The summed E-state index contributed by atoms with van der Waals surface area (Å²) in [6.45, 7) is 2.69. The molecule has 1 aromatic rings. The summed E-state index contributed by atoms with van der Waals surface area (Å²) >= 11 is 0. The summed E-state index contributed by atoms with van der Waals surface area (Å²) in [6, 6.07) is 3.03. The van der Waals surface area contributed by atoms with Crippen LogP contribution in [0.4, 0.5) is 0 Å². The number of aryl methyl sites for hydroxylation is 1. The van der Waals surface area contributed by atoms with Crippen molar-refractivity contribution in [3.8, 4) is 5.75 Å². The smallest absolute Gasteiger partial charge is 0.162 e. The topological polar surface area (TPSA) is 77.8 Å². The molecule has 0 bridgehead atoms. The molecule has 1 rings (SSSR count). The molecule has 0 fully saturated rings. The first-order chi connectivity index (χ1) is 6.97. The number of aliphatic hydroxyl groups is 2. The number of phenolic OH excluding ortho intramolecular Hbond substituents is 1. The SMILES string of the molecule is CC(=O)C(O)c1cc(CO)cc(C)c1O. The molecule has 0 saturated carbocycles. The Bertz CT molecular complexity index is 384. The van der Waals surface area contributed by atoms with Crippen LogP contribution in [0, 0.1) is 6.92 Å². The summed E-state index contributed by atoms with van der Waals surface area (Å²) in [6.07, 6.45) is -1.34. The number of carbonyl (C=O) groups is 1. The van der Waals surface area contributed by atoms with Gasteiger partial charge in [0.2, 0.25) is 0 Å². The molecule has 82 valence electrons. The molecule has 0 aliphatic heterocycles. The van der Waals surface area contributed by atoms with Crippen molar-refractivity contribution in [1.29, 1.82) is 0 Å². The van der Waals surface area contributed by atoms with E-state index < -0.39 is 11.9 Å². The lowest BCUT2D eigenvalue weighted by Crippen LogP contribution is -2.09. The van der Waals surface area contributed by atoms with E-state index in [1.54, 1.807) is 13.0 Å². The van der Waals surface area contributed by atoms with E-state index in [1.807, 2.05) is 0 Å². The predicted molar refractivity (Wildman–Crippen MR) is 54.4 cm³/mol. The lowest BCUT2D eigenvalue weighted by atomic mass is 9.99. The van der Waals surface area contributed by atoms with Gasteiger partial charge in [0.15, 0.2) is 5.78 Å². The maximum atomic E-state index is 11.0. The molecule has 0 radical (unpaired) electrons. The summed E-state index contributed by atoms with van der Waals surface area (Å²) in [4.78, 5) is 11.0. The summed E-state index contributed by atoms with van der Waals surface area (Å²) < 4.78 is 0. The molecule has 0 spiro atoms. The molecule has 0 aliphatic carbocycles. The number of Topliss-reactive ketones (excluding diaryl/α,β-unsaturated/α-hetero) is 1. The Hall–Kier alpha value is -1.39. The number of phenols is 1. The Morgan fingerprint density at radius 1 is 1.47 bits per heavy atom. The minimum atomic E-state index is -1.34. The fraction of sp³-hybridized carbons (Fsp3) is 0.364. The number of benzene rings is 1. The van der Waals surface area contributed by atoms with Crippen LogP contribution in [0.3, 0.4) is 0 Å². The third-order valence-corrected chi connectivity index (χ3v) is 2.25. The van der Waals surface area contributed by atoms with Crippen molar-refractivity contribution in [2.75, 3.05) is 0 Å². The third-order valence-electron chi connectivity index (χ3n) is 2.25. The Kier molecular flexibility index (Phi) is 3.44. The first-order valence-electron chi connectivity index (χ1n) is 4.59. The summed E-state index contributed by atoms with van der Waals surface area (Å²) in [5.74, 6) is -0.547. The average molecular weight is 210 g/mol. The van der Waals surface area contributed by atoms with Crippen molar-refractivity contribution in [1.82, 2.24) is 0 Å². The molecule has 15 heavy (non-hydrogen) atoms. The molecule has 3 N–H and O–H groups in total. The number of ketones is 1. The van der Waals surface area contributed by atoms with Crippen LogP contribution in [0.1, 0.15) is 29.7 Å². The first-order valence-corrected chi connectivity index (χ1v) is 4.59. The molecule has 0 saturated heterocycles. The minimum Gasteiger partial charge on any atom is -0.507 e. The number of carbonyl (C=O) groups excluding carboxylic acids is 1. The Morgan fingerprint density at radius 2 is 2.07 bits per heavy atom. The van der Waals surface area contributed by atoms with Crippen molar-refractivity contribution >= 4 is 5.78 Å². The molecule has 0 amide bonds. The van der Waals surface area contributed by atoms with E-state index in [0.717, 1.165) is 0 Å². The van der Waals surface area contributed by atoms with Crippen LogP contribution in [0.2, 0.25) is 0 Å². The Balaban J connectivity index is 3.27. The third kappa shape index (κ3) is 2.34. The van der Waals surface area contributed by atoms with Gasteiger partial charge in [-0.2, -0.15) is 0 Å². The lowest BCUT2D eigenvalue weighted by Gasteiger charge is -2.13. The zero-order valence-electron chi connectivity index (χ0n) is 8.69. The standard InChI is InChI=1S/C11H14O4/c1-6-3-8(5-12)4-9(10(6)14)11(15)7(2)13/h3-4,11-12,14-15H,5H2,1-2H3. The van der Waals surface area contributed by atoms with E-state index in [2.05, 4.69) is 0 Å². The fourth-order valence-corrected chi connectivity index (χ4v) is 1.40. The summed E-state index contributed by atoms with van der Waals surface area (Å²) in [5.41, 5.74) is 1.23. The number of hydrogen-bond acceptors (Lipinski definition) is 4. The van der Waals surface area contributed by atoms with E-state index in [9.17, 15) is 15.0 Å². The van der Waals surface area contributed by atoms with Crippen molar-refractivity contribution in [2.45, 2.75) is 26.6 Å². The highest BCUT2D eigenvalue weighted by Gasteiger charge is 2.18. The second-order valence-corrected chi connectivity index (χ2v) is 3.52. The number of aromatic hydroxyl groups is 1. The highest BCUT2D eigenvalue weighted by atomic mass is 16.3. The molecule has 0 aliphatic rings. The van der Waals surface area contributed by atoms with Crippen molar-refractivity contribution in [3.63, 3.8) is 0 Å². The molecular weight excluding hydrogens is 196 g/mol. The van der Waals surface area contributed by atoms with Gasteiger partial charge in [0, 0.05) is 5.56 Å². The molecule has 4 heteroatoms. The molecule has 1 aromatic carbocycles. The zero-order chi connectivity index (χ0) is 11.6. The van der Waals surface area contributed by atoms with Gasteiger partial charge in [-0.1, -0.05) is 6.07 Å². The summed E-state index contributed by atoms with van der Waals surface area (Å²) in [7, 11) is 0. The summed E-state index contributed by atoms with van der Waals surface area (Å²) in [5, 5.41) is 28.1.